The van der Waals surface area contributed by atoms with Crippen molar-refractivity contribution >= 4 is 61.9 Å². The van der Waals surface area contributed by atoms with Crippen molar-refractivity contribution in [3.63, 3.8) is 0 Å². The van der Waals surface area contributed by atoms with Crippen LogP contribution in [-0.4, -0.2) is 21.8 Å². The second-order valence-corrected chi connectivity index (χ2v) is 8.86. The molecule has 6 heteroatoms. The lowest BCUT2D eigenvalue weighted by Crippen LogP contribution is -2.33. The Bertz CT molecular complexity index is 845. The maximum atomic E-state index is 12.7. The summed E-state index contributed by atoms with van der Waals surface area (Å²) in [4.78, 5) is 14.9. The molecule has 0 bridgehead atoms. The van der Waals surface area contributed by atoms with E-state index in [0.717, 1.165) is 15.7 Å². The highest BCUT2D eigenvalue weighted by Gasteiger charge is 2.31. The Balaban J connectivity index is 1.68. The quantitative estimate of drug-likeness (QED) is 0.461. The fourth-order valence-electron chi connectivity index (χ4n) is 2.50. The molecule has 0 spiro atoms. The maximum Gasteiger partial charge on any atom is 0.267 e. The van der Waals surface area contributed by atoms with E-state index in [1.54, 1.807) is 4.90 Å². The van der Waals surface area contributed by atoms with Crippen molar-refractivity contribution in [2.45, 2.75) is 19.8 Å². The molecule has 1 fully saturated rings. The number of hydrogen-bond acceptors (Lipinski definition) is 4. The van der Waals surface area contributed by atoms with E-state index in [0.29, 0.717) is 21.8 Å². The first-order valence-corrected chi connectivity index (χ1v) is 10.3. The molecule has 0 aromatic heterocycles. The zero-order valence-electron chi connectivity index (χ0n) is 14.5. The summed E-state index contributed by atoms with van der Waals surface area (Å²) in [6, 6.07) is 16.1. The molecular formula is C20H19BrN2OS2. The predicted octanol–water partition coefficient (Wildman–Crippen LogP) is 5.84. The number of amides is 1. The Hall–Kier alpha value is -1.63. The zero-order chi connectivity index (χ0) is 18.7. The second-order valence-electron chi connectivity index (χ2n) is 6.27. The minimum atomic E-state index is -0.0578. The third-order valence-electron chi connectivity index (χ3n) is 4.06. The van der Waals surface area contributed by atoms with Gasteiger partial charge >= 0.3 is 0 Å². The fourth-order valence-corrected chi connectivity index (χ4v) is 4.02. The molecule has 1 saturated heterocycles. The smallest absolute Gasteiger partial charge is 0.267 e. The Morgan fingerprint density at radius 3 is 2.42 bits per heavy atom. The van der Waals surface area contributed by atoms with Gasteiger partial charge in [-0.1, -0.05) is 78.0 Å². The summed E-state index contributed by atoms with van der Waals surface area (Å²) in [5.41, 5.74) is 3.24. The van der Waals surface area contributed by atoms with Gasteiger partial charge in [0.05, 0.1) is 11.6 Å². The number of hydrogen-bond donors (Lipinski definition) is 1. The van der Waals surface area contributed by atoms with E-state index in [1.165, 1.54) is 17.3 Å². The van der Waals surface area contributed by atoms with Crippen LogP contribution in [0.15, 0.2) is 57.9 Å². The first-order valence-electron chi connectivity index (χ1n) is 8.29. The summed E-state index contributed by atoms with van der Waals surface area (Å²) in [6.07, 6.45) is 1.91. The first-order chi connectivity index (χ1) is 12.4. The van der Waals surface area contributed by atoms with Crippen molar-refractivity contribution in [1.82, 2.24) is 4.90 Å². The molecule has 3 rings (SSSR count). The molecule has 0 saturated carbocycles. The summed E-state index contributed by atoms with van der Waals surface area (Å²) in [7, 11) is 0. The van der Waals surface area contributed by atoms with E-state index in [4.69, 9.17) is 12.2 Å². The molecule has 0 unspecified atom stereocenters. The van der Waals surface area contributed by atoms with Gasteiger partial charge in [0.1, 0.15) is 4.32 Å². The van der Waals surface area contributed by atoms with Crippen LogP contribution in [-0.2, 0) is 4.79 Å². The van der Waals surface area contributed by atoms with Crippen LogP contribution in [0.25, 0.3) is 6.08 Å². The average Bonchev–Trinajstić information content (AvgIpc) is 2.88. The Kier molecular flexibility index (Phi) is 6.16. The van der Waals surface area contributed by atoms with Gasteiger partial charge in [-0.15, -0.1) is 0 Å². The molecule has 0 aliphatic carbocycles. The summed E-state index contributed by atoms with van der Waals surface area (Å²) < 4.78 is 1.59. The number of thiocarbonyl (C=S) groups is 1. The lowest BCUT2D eigenvalue weighted by atomic mass is 10.0. The Morgan fingerprint density at radius 1 is 1.15 bits per heavy atom. The predicted molar refractivity (Wildman–Crippen MR) is 118 cm³/mol. The number of anilines is 1. The molecule has 1 heterocycles. The monoisotopic (exact) mass is 446 g/mol. The number of nitrogens with zero attached hydrogens (tertiary/aromatic N) is 1. The van der Waals surface area contributed by atoms with Crippen molar-refractivity contribution in [3.8, 4) is 0 Å². The van der Waals surface area contributed by atoms with E-state index >= 15 is 0 Å². The third-order valence-corrected chi connectivity index (χ3v) is 5.97. The number of carbonyl (C=O) groups is 1. The Labute approximate surface area is 172 Å². The lowest BCUT2D eigenvalue weighted by Gasteiger charge is -2.16. The second kappa shape index (κ2) is 8.37. The van der Waals surface area contributed by atoms with Gasteiger partial charge in [-0.2, -0.15) is 0 Å². The number of nitrogens with one attached hydrogen (secondary N) is 1. The minimum Gasteiger partial charge on any atom is -0.367 e. The van der Waals surface area contributed by atoms with Crippen LogP contribution in [0.2, 0.25) is 0 Å². The van der Waals surface area contributed by atoms with Crippen molar-refractivity contribution in [2.75, 3.05) is 12.0 Å². The highest BCUT2D eigenvalue weighted by molar-refractivity contribution is 9.10. The van der Waals surface area contributed by atoms with E-state index in [2.05, 4.69) is 47.2 Å². The van der Waals surface area contributed by atoms with Gasteiger partial charge in [0.2, 0.25) is 0 Å². The standard InChI is InChI=1S/C20H19BrN2OS2/c1-13(2)15-5-3-14(4-6-15)11-18-19(24)23(20(25)26-18)12-22-17-9-7-16(21)8-10-17/h3-11,13,22H,12H2,1-2H3. The number of thioether (sulfide) groups is 1. The molecule has 1 N–H and O–H groups in total. The molecule has 26 heavy (non-hydrogen) atoms. The van der Waals surface area contributed by atoms with Gasteiger partial charge in [-0.3, -0.25) is 9.69 Å². The normalized spacial score (nSPS) is 16.0. The fraction of sp³-hybridized carbons (Fsp3) is 0.200. The van der Waals surface area contributed by atoms with Crippen molar-refractivity contribution in [2.24, 2.45) is 0 Å². The van der Waals surface area contributed by atoms with Gasteiger partial charge in [-0.05, 0) is 47.4 Å². The van der Waals surface area contributed by atoms with Crippen molar-refractivity contribution in [1.29, 1.82) is 0 Å². The average molecular weight is 447 g/mol. The molecule has 2 aromatic rings. The molecule has 1 aliphatic heterocycles. The SMILES string of the molecule is CC(C)c1ccc(C=C2SC(=S)N(CNc3ccc(Br)cc3)C2=O)cc1. The van der Waals surface area contributed by atoms with Gasteiger partial charge < -0.3 is 5.32 Å². The van der Waals surface area contributed by atoms with E-state index in [-0.39, 0.29) is 5.91 Å². The number of halogens is 1. The summed E-state index contributed by atoms with van der Waals surface area (Å²) >= 11 is 10.1. The van der Waals surface area contributed by atoms with Crippen molar-refractivity contribution in [3.05, 3.63) is 69.0 Å². The molecule has 1 amide bonds. The van der Waals surface area contributed by atoms with Gasteiger partial charge in [0.15, 0.2) is 0 Å². The number of rotatable bonds is 5. The number of carbonyl (C=O) groups excluding carboxylic acids is 1. The van der Waals surface area contributed by atoms with Gasteiger partial charge in [0, 0.05) is 10.2 Å². The molecule has 3 nitrogen and oxygen atoms in total. The summed E-state index contributed by atoms with van der Waals surface area (Å²) in [6.45, 7) is 4.69. The summed E-state index contributed by atoms with van der Waals surface area (Å²) in [5.74, 6) is 0.435. The summed E-state index contributed by atoms with van der Waals surface area (Å²) in [5, 5.41) is 3.24. The van der Waals surface area contributed by atoms with Crippen LogP contribution < -0.4 is 5.32 Å². The van der Waals surface area contributed by atoms with Crippen molar-refractivity contribution < 1.29 is 4.79 Å². The van der Waals surface area contributed by atoms with E-state index < -0.39 is 0 Å². The van der Waals surface area contributed by atoms with E-state index in [1.807, 2.05) is 42.5 Å². The van der Waals surface area contributed by atoms with Gasteiger partial charge in [0.25, 0.3) is 5.91 Å². The van der Waals surface area contributed by atoms with Crippen LogP contribution >= 0.6 is 39.9 Å². The lowest BCUT2D eigenvalue weighted by molar-refractivity contribution is -0.121. The van der Waals surface area contributed by atoms with Gasteiger partial charge in [-0.25, -0.2) is 0 Å². The minimum absolute atomic E-state index is 0.0578. The Morgan fingerprint density at radius 2 is 1.81 bits per heavy atom. The van der Waals surface area contributed by atoms with Crippen LogP contribution in [0, 0.1) is 0 Å². The first kappa shape index (κ1) is 19.1. The van der Waals surface area contributed by atoms with Crippen LogP contribution in [0.4, 0.5) is 5.69 Å². The molecular weight excluding hydrogens is 428 g/mol. The molecule has 0 radical (unpaired) electrons. The van der Waals surface area contributed by atoms with Crippen LogP contribution in [0.3, 0.4) is 0 Å². The van der Waals surface area contributed by atoms with Crippen LogP contribution in [0.1, 0.15) is 30.9 Å². The third kappa shape index (κ3) is 4.55. The largest absolute Gasteiger partial charge is 0.367 e. The topological polar surface area (TPSA) is 32.3 Å². The maximum absolute atomic E-state index is 12.7. The van der Waals surface area contributed by atoms with E-state index in [9.17, 15) is 4.79 Å². The van der Waals surface area contributed by atoms with Crippen LogP contribution in [0.5, 0.6) is 0 Å². The highest BCUT2D eigenvalue weighted by atomic mass is 79.9. The molecule has 0 atom stereocenters. The number of benzene rings is 2. The highest BCUT2D eigenvalue weighted by Crippen LogP contribution is 2.32. The zero-order valence-corrected chi connectivity index (χ0v) is 17.7. The molecule has 1 aliphatic rings. The molecule has 2 aromatic carbocycles. The molecule has 134 valence electrons.